The highest BCUT2D eigenvalue weighted by molar-refractivity contribution is 6.04. The Morgan fingerprint density at radius 1 is 1.00 bits per heavy atom. The Labute approximate surface area is 154 Å². The SMILES string of the molecule is Cc1ccc(N)cc1NC(=O)c1ccc(C/C=C/c2ccccc2)cc1. The van der Waals surface area contributed by atoms with Crippen molar-refractivity contribution in [2.45, 2.75) is 13.3 Å². The summed E-state index contributed by atoms with van der Waals surface area (Å²) in [6.45, 7) is 1.94. The van der Waals surface area contributed by atoms with Crippen molar-refractivity contribution >= 4 is 23.4 Å². The van der Waals surface area contributed by atoms with Gasteiger partial charge in [0.25, 0.3) is 5.91 Å². The maximum atomic E-state index is 12.4. The van der Waals surface area contributed by atoms with Crippen LogP contribution in [-0.4, -0.2) is 5.91 Å². The number of carbonyl (C=O) groups is 1. The molecule has 0 aliphatic carbocycles. The van der Waals surface area contributed by atoms with Gasteiger partial charge in [0.15, 0.2) is 0 Å². The maximum absolute atomic E-state index is 12.4. The Hall–Kier alpha value is -3.33. The molecule has 3 heteroatoms. The van der Waals surface area contributed by atoms with Gasteiger partial charge in [-0.1, -0.05) is 60.7 Å². The molecule has 3 aromatic rings. The summed E-state index contributed by atoms with van der Waals surface area (Å²) in [5.41, 5.74) is 11.1. The fraction of sp³-hybridized carbons (Fsp3) is 0.0870. The third-order valence-electron chi connectivity index (χ3n) is 4.19. The molecule has 130 valence electrons. The summed E-state index contributed by atoms with van der Waals surface area (Å²) in [4.78, 5) is 12.4. The zero-order valence-electron chi connectivity index (χ0n) is 14.8. The number of allylic oxidation sites excluding steroid dienone is 1. The van der Waals surface area contributed by atoms with Gasteiger partial charge in [0.05, 0.1) is 0 Å². The second kappa shape index (κ2) is 8.17. The molecule has 0 fully saturated rings. The predicted molar refractivity (Wildman–Crippen MR) is 109 cm³/mol. The molecular formula is C23H22N2O. The number of nitrogens with two attached hydrogens (primary N) is 1. The van der Waals surface area contributed by atoms with Crippen molar-refractivity contribution in [1.82, 2.24) is 0 Å². The van der Waals surface area contributed by atoms with Crippen LogP contribution in [0.25, 0.3) is 6.08 Å². The van der Waals surface area contributed by atoms with Gasteiger partial charge < -0.3 is 11.1 Å². The molecule has 0 aliphatic heterocycles. The van der Waals surface area contributed by atoms with Gasteiger partial charge in [0, 0.05) is 16.9 Å². The van der Waals surface area contributed by atoms with Crippen LogP contribution in [0.1, 0.15) is 27.0 Å². The first-order chi connectivity index (χ1) is 12.6. The number of nitrogens with one attached hydrogen (secondary N) is 1. The van der Waals surface area contributed by atoms with Gasteiger partial charge in [0.1, 0.15) is 0 Å². The van der Waals surface area contributed by atoms with E-state index in [1.54, 1.807) is 6.07 Å². The normalized spacial score (nSPS) is 10.8. The van der Waals surface area contributed by atoms with Gasteiger partial charge in [-0.25, -0.2) is 0 Å². The average Bonchev–Trinajstić information content (AvgIpc) is 2.66. The Bertz CT molecular complexity index is 913. The Kier molecular flexibility index (Phi) is 5.49. The van der Waals surface area contributed by atoms with Crippen LogP contribution in [0.4, 0.5) is 11.4 Å². The summed E-state index contributed by atoms with van der Waals surface area (Å²) in [5.74, 6) is -0.134. The largest absolute Gasteiger partial charge is 0.399 e. The van der Waals surface area contributed by atoms with E-state index in [0.29, 0.717) is 11.3 Å². The molecule has 26 heavy (non-hydrogen) atoms. The summed E-state index contributed by atoms with van der Waals surface area (Å²) in [6.07, 6.45) is 5.05. The molecule has 0 heterocycles. The molecule has 3 N–H and O–H groups in total. The van der Waals surface area contributed by atoms with Crippen molar-refractivity contribution in [2.24, 2.45) is 0 Å². The molecule has 3 nitrogen and oxygen atoms in total. The molecule has 0 saturated heterocycles. The quantitative estimate of drug-likeness (QED) is 0.635. The van der Waals surface area contributed by atoms with Crippen molar-refractivity contribution in [3.05, 3.63) is 101 Å². The van der Waals surface area contributed by atoms with Crippen LogP contribution in [0.5, 0.6) is 0 Å². The Balaban J connectivity index is 1.62. The first kappa shape index (κ1) is 17.5. The lowest BCUT2D eigenvalue weighted by Crippen LogP contribution is -2.13. The first-order valence-corrected chi connectivity index (χ1v) is 8.60. The fourth-order valence-electron chi connectivity index (χ4n) is 2.66. The number of carbonyl (C=O) groups excluding carboxylic acids is 1. The summed E-state index contributed by atoms with van der Waals surface area (Å²) in [7, 11) is 0. The number of aryl methyl sites for hydroxylation is 1. The van der Waals surface area contributed by atoms with Crippen molar-refractivity contribution in [1.29, 1.82) is 0 Å². The average molecular weight is 342 g/mol. The van der Waals surface area contributed by atoms with Gasteiger partial charge in [-0.2, -0.15) is 0 Å². The molecule has 0 radical (unpaired) electrons. The maximum Gasteiger partial charge on any atom is 0.255 e. The first-order valence-electron chi connectivity index (χ1n) is 8.60. The standard InChI is InChI=1S/C23H22N2O/c1-17-10-15-21(24)16-22(17)25-23(26)20-13-11-19(12-14-20)9-5-8-18-6-3-2-4-7-18/h2-8,10-16H,9,24H2,1H3,(H,25,26)/b8-5+. The number of nitrogen functional groups attached to an aromatic ring is 1. The smallest absolute Gasteiger partial charge is 0.255 e. The third-order valence-corrected chi connectivity index (χ3v) is 4.19. The molecule has 0 atom stereocenters. The van der Waals surface area contributed by atoms with Crippen LogP contribution in [-0.2, 0) is 6.42 Å². The number of anilines is 2. The second-order valence-corrected chi connectivity index (χ2v) is 6.24. The summed E-state index contributed by atoms with van der Waals surface area (Å²) >= 11 is 0. The van der Waals surface area contributed by atoms with Crippen molar-refractivity contribution in [2.75, 3.05) is 11.1 Å². The zero-order valence-corrected chi connectivity index (χ0v) is 14.8. The molecule has 0 saturated carbocycles. The summed E-state index contributed by atoms with van der Waals surface area (Å²) in [6, 6.07) is 23.4. The van der Waals surface area contributed by atoms with E-state index in [-0.39, 0.29) is 5.91 Å². The van der Waals surface area contributed by atoms with E-state index < -0.39 is 0 Å². The van der Waals surface area contributed by atoms with Gasteiger partial charge in [-0.05, 0) is 54.3 Å². The fourth-order valence-corrected chi connectivity index (χ4v) is 2.66. The molecule has 0 aromatic heterocycles. The minimum absolute atomic E-state index is 0.134. The van der Waals surface area contributed by atoms with E-state index in [1.807, 2.05) is 61.5 Å². The highest BCUT2D eigenvalue weighted by Gasteiger charge is 2.08. The van der Waals surface area contributed by atoms with E-state index in [4.69, 9.17) is 5.73 Å². The van der Waals surface area contributed by atoms with Crippen LogP contribution in [0, 0.1) is 6.92 Å². The predicted octanol–water partition coefficient (Wildman–Crippen LogP) is 5.09. The third kappa shape index (κ3) is 4.61. The highest BCUT2D eigenvalue weighted by Crippen LogP contribution is 2.19. The lowest BCUT2D eigenvalue weighted by atomic mass is 10.1. The summed E-state index contributed by atoms with van der Waals surface area (Å²) in [5, 5.41) is 2.92. The van der Waals surface area contributed by atoms with E-state index in [2.05, 4.69) is 29.6 Å². The van der Waals surface area contributed by atoms with Crippen molar-refractivity contribution < 1.29 is 4.79 Å². The molecular weight excluding hydrogens is 320 g/mol. The topological polar surface area (TPSA) is 55.1 Å². The van der Waals surface area contributed by atoms with E-state index in [1.165, 1.54) is 5.56 Å². The molecule has 0 aliphatic rings. The number of hydrogen-bond donors (Lipinski definition) is 2. The van der Waals surface area contributed by atoms with Crippen LogP contribution < -0.4 is 11.1 Å². The second-order valence-electron chi connectivity index (χ2n) is 6.24. The van der Waals surface area contributed by atoms with E-state index >= 15 is 0 Å². The molecule has 1 amide bonds. The van der Waals surface area contributed by atoms with E-state index in [9.17, 15) is 4.79 Å². The minimum atomic E-state index is -0.134. The Morgan fingerprint density at radius 2 is 1.73 bits per heavy atom. The lowest BCUT2D eigenvalue weighted by Gasteiger charge is -2.09. The highest BCUT2D eigenvalue weighted by atomic mass is 16.1. The molecule has 0 spiro atoms. The number of amides is 1. The molecule has 3 rings (SSSR count). The number of benzene rings is 3. The summed E-state index contributed by atoms with van der Waals surface area (Å²) < 4.78 is 0. The molecule has 0 bridgehead atoms. The van der Waals surface area contributed by atoms with Gasteiger partial charge in [-0.15, -0.1) is 0 Å². The molecule has 3 aromatic carbocycles. The van der Waals surface area contributed by atoms with E-state index in [0.717, 1.165) is 23.2 Å². The zero-order chi connectivity index (χ0) is 18.4. The Morgan fingerprint density at radius 3 is 2.46 bits per heavy atom. The van der Waals surface area contributed by atoms with Crippen molar-refractivity contribution in [3.63, 3.8) is 0 Å². The van der Waals surface area contributed by atoms with Crippen LogP contribution in [0.2, 0.25) is 0 Å². The van der Waals surface area contributed by atoms with Gasteiger partial charge in [-0.3, -0.25) is 4.79 Å². The number of rotatable bonds is 5. The monoisotopic (exact) mass is 342 g/mol. The number of hydrogen-bond acceptors (Lipinski definition) is 2. The van der Waals surface area contributed by atoms with Gasteiger partial charge in [0.2, 0.25) is 0 Å². The van der Waals surface area contributed by atoms with Crippen molar-refractivity contribution in [3.8, 4) is 0 Å². The lowest BCUT2D eigenvalue weighted by molar-refractivity contribution is 0.102. The molecule has 0 unspecified atom stereocenters. The van der Waals surface area contributed by atoms with Crippen LogP contribution in [0.3, 0.4) is 0 Å². The van der Waals surface area contributed by atoms with Crippen LogP contribution >= 0.6 is 0 Å². The minimum Gasteiger partial charge on any atom is -0.399 e. The van der Waals surface area contributed by atoms with Crippen LogP contribution in [0.15, 0.2) is 78.9 Å². The van der Waals surface area contributed by atoms with Gasteiger partial charge >= 0.3 is 0 Å².